The lowest BCUT2D eigenvalue weighted by Gasteiger charge is -2.15. The van der Waals surface area contributed by atoms with Crippen molar-refractivity contribution in [3.8, 4) is 0 Å². The molecule has 0 atom stereocenters. The minimum atomic E-state index is -0.776. The molecule has 0 N–H and O–H groups in total. The van der Waals surface area contributed by atoms with Crippen molar-refractivity contribution in [3.63, 3.8) is 0 Å². The smallest absolute Gasteiger partial charge is 0.222 e. The van der Waals surface area contributed by atoms with Gasteiger partial charge in [0.1, 0.15) is 6.61 Å². The van der Waals surface area contributed by atoms with Gasteiger partial charge in [0.05, 0.1) is 0 Å². The van der Waals surface area contributed by atoms with Crippen molar-refractivity contribution < 1.29 is 23.8 Å². The van der Waals surface area contributed by atoms with Gasteiger partial charge in [0, 0.05) is 31.5 Å². The highest BCUT2D eigenvalue weighted by molar-refractivity contribution is 5.98. The molecule has 0 bridgehead atoms. The van der Waals surface area contributed by atoms with Gasteiger partial charge in [-0.3, -0.25) is 9.59 Å². The molecule has 2 aromatic rings. The number of carbonyl (C=O) groups excluding carboxylic acids is 2. The maximum atomic E-state index is 11.9. The summed E-state index contributed by atoms with van der Waals surface area (Å²) in [6.07, 6.45) is -0.776. The highest BCUT2D eigenvalue weighted by atomic mass is 16.7. The summed E-state index contributed by atoms with van der Waals surface area (Å²) in [5, 5.41) is 0. The molecule has 0 spiro atoms. The summed E-state index contributed by atoms with van der Waals surface area (Å²) in [7, 11) is 1.51. The fraction of sp³-hybridized carbons (Fsp3) is 0.333. The zero-order valence-electron chi connectivity index (χ0n) is 15.5. The molecule has 0 unspecified atom stereocenters. The summed E-state index contributed by atoms with van der Waals surface area (Å²) in [4.78, 5) is 23.0. The first-order valence-electron chi connectivity index (χ1n) is 8.53. The molecule has 2 aromatic carbocycles. The first-order valence-corrected chi connectivity index (χ1v) is 8.53. The number of benzene rings is 2. The molecule has 140 valence electrons. The first kappa shape index (κ1) is 21.7. The van der Waals surface area contributed by atoms with Crippen LogP contribution in [-0.4, -0.2) is 44.8 Å². The Bertz CT molecular complexity index is 634. The van der Waals surface area contributed by atoms with Crippen LogP contribution in [0.1, 0.15) is 34.6 Å². The maximum Gasteiger partial charge on any atom is 0.222 e. The molecule has 0 fully saturated rings. The third-order valence-corrected chi connectivity index (χ3v) is 3.28. The van der Waals surface area contributed by atoms with Crippen LogP contribution in [0.4, 0.5) is 0 Å². The summed E-state index contributed by atoms with van der Waals surface area (Å²) in [6, 6.07) is 18.1. The van der Waals surface area contributed by atoms with Crippen LogP contribution < -0.4 is 0 Å². The molecule has 0 aliphatic carbocycles. The number of carbonyl (C=O) groups is 2. The van der Waals surface area contributed by atoms with Crippen molar-refractivity contribution >= 4 is 11.6 Å². The Morgan fingerprint density at radius 1 is 0.808 bits per heavy atom. The molecule has 0 amide bonds. The fourth-order valence-corrected chi connectivity index (χ4v) is 2.08. The van der Waals surface area contributed by atoms with Crippen LogP contribution in [0.25, 0.3) is 0 Å². The van der Waals surface area contributed by atoms with Crippen LogP contribution in [-0.2, 0) is 14.2 Å². The zero-order valence-corrected chi connectivity index (χ0v) is 15.5. The van der Waals surface area contributed by atoms with E-state index >= 15 is 0 Å². The van der Waals surface area contributed by atoms with Crippen LogP contribution in [0.5, 0.6) is 0 Å². The molecule has 5 heteroatoms. The third kappa shape index (κ3) is 7.70. The Kier molecular flexibility index (Phi) is 10.8. The van der Waals surface area contributed by atoms with Gasteiger partial charge >= 0.3 is 0 Å². The van der Waals surface area contributed by atoms with Crippen molar-refractivity contribution in [1.82, 2.24) is 0 Å². The van der Waals surface area contributed by atoms with Crippen molar-refractivity contribution in [2.45, 2.75) is 20.1 Å². The van der Waals surface area contributed by atoms with Gasteiger partial charge in [-0.05, 0) is 13.8 Å². The standard InChI is InChI=1S/C12H16O3.C9H10O2/c1-3-14-12(15-4-2)11(13)10-8-6-5-7-9-10;1-11-7-9(10)8-5-3-2-4-6-8/h5-9,12H,3-4H2,1-2H3;2-6H,7H2,1H3. The predicted octanol–water partition coefficient (Wildman–Crippen LogP) is 3.78. The second kappa shape index (κ2) is 12.9. The molecular weight excluding hydrogens is 332 g/mol. The number of methoxy groups -OCH3 is 1. The van der Waals surface area contributed by atoms with E-state index in [4.69, 9.17) is 14.2 Å². The minimum Gasteiger partial charge on any atom is -0.377 e. The topological polar surface area (TPSA) is 61.8 Å². The Balaban J connectivity index is 0.000000273. The molecule has 0 aromatic heterocycles. The van der Waals surface area contributed by atoms with E-state index in [1.165, 1.54) is 7.11 Å². The second-order valence-corrected chi connectivity index (χ2v) is 5.20. The SMILES string of the molecule is CCOC(OCC)C(=O)c1ccccc1.COCC(=O)c1ccccc1. The summed E-state index contributed by atoms with van der Waals surface area (Å²) >= 11 is 0. The number of hydrogen-bond acceptors (Lipinski definition) is 5. The van der Waals surface area contributed by atoms with Gasteiger partial charge < -0.3 is 14.2 Å². The van der Waals surface area contributed by atoms with Gasteiger partial charge in [-0.1, -0.05) is 60.7 Å². The fourth-order valence-electron chi connectivity index (χ4n) is 2.08. The average molecular weight is 358 g/mol. The lowest BCUT2D eigenvalue weighted by Crippen LogP contribution is -2.27. The van der Waals surface area contributed by atoms with E-state index in [1.807, 2.05) is 50.2 Å². The normalized spacial score (nSPS) is 10.2. The molecule has 26 heavy (non-hydrogen) atoms. The number of hydrogen-bond donors (Lipinski definition) is 0. The van der Waals surface area contributed by atoms with Gasteiger partial charge in [-0.15, -0.1) is 0 Å². The van der Waals surface area contributed by atoms with Gasteiger partial charge in [0.15, 0.2) is 5.78 Å². The molecular formula is C21H26O5. The van der Waals surface area contributed by atoms with Crippen LogP contribution in [0.2, 0.25) is 0 Å². The Morgan fingerprint density at radius 3 is 1.69 bits per heavy atom. The van der Waals surface area contributed by atoms with E-state index in [9.17, 15) is 9.59 Å². The lowest BCUT2D eigenvalue weighted by molar-refractivity contribution is -0.107. The summed E-state index contributed by atoms with van der Waals surface area (Å²) < 4.78 is 15.2. The van der Waals surface area contributed by atoms with Gasteiger partial charge in [-0.25, -0.2) is 0 Å². The number of ketones is 2. The number of Topliss-reactive ketones (excluding diaryl/α,β-unsaturated/α-hetero) is 2. The summed E-state index contributed by atoms with van der Waals surface area (Å²) in [6.45, 7) is 4.76. The maximum absolute atomic E-state index is 11.9. The largest absolute Gasteiger partial charge is 0.377 e. The van der Waals surface area contributed by atoms with Crippen molar-refractivity contribution in [2.75, 3.05) is 26.9 Å². The van der Waals surface area contributed by atoms with Crippen LogP contribution in [0, 0.1) is 0 Å². The van der Waals surface area contributed by atoms with Gasteiger partial charge in [0.25, 0.3) is 0 Å². The third-order valence-electron chi connectivity index (χ3n) is 3.28. The highest BCUT2D eigenvalue weighted by Gasteiger charge is 2.19. The van der Waals surface area contributed by atoms with Crippen LogP contribution in [0.15, 0.2) is 60.7 Å². The average Bonchev–Trinajstić information content (AvgIpc) is 2.69. The van der Waals surface area contributed by atoms with Gasteiger partial charge in [-0.2, -0.15) is 0 Å². The van der Waals surface area contributed by atoms with Crippen LogP contribution in [0.3, 0.4) is 0 Å². The molecule has 0 saturated carbocycles. The minimum absolute atomic E-state index is 0.0214. The van der Waals surface area contributed by atoms with Crippen molar-refractivity contribution in [3.05, 3.63) is 71.8 Å². The van der Waals surface area contributed by atoms with E-state index in [1.54, 1.807) is 24.3 Å². The lowest BCUT2D eigenvalue weighted by atomic mass is 10.1. The monoisotopic (exact) mass is 358 g/mol. The van der Waals surface area contributed by atoms with E-state index < -0.39 is 6.29 Å². The number of rotatable bonds is 9. The number of ether oxygens (including phenoxy) is 3. The van der Waals surface area contributed by atoms with E-state index in [-0.39, 0.29) is 18.2 Å². The van der Waals surface area contributed by atoms with Crippen molar-refractivity contribution in [1.29, 1.82) is 0 Å². The van der Waals surface area contributed by atoms with E-state index in [0.29, 0.717) is 24.3 Å². The van der Waals surface area contributed by atoms with Crippen LogP contribution >= 0.6 is 0 Å². The molecule has 0 aliphatic heterocycles. The Hall–Kier alpha value is -2.34. The van der Waals surface area contributed by atoms with Gasteiger partial charge in [0.2, 0.25) is 12.1 Å². The Morgan fingerprint density at radius 2 is 1.27 bits per heavy atom. The molecule has 0 saturated heterocycles. The summed E-state index contributed by atoms with van der Waals surface area (Å²) in [5.74, 6) is -0.104. The zero-order chi connectivity index (χ0) is 19.2. The summed E-state index contributed by atoms with van der Waals surface area (Å²) in [5.41, 5.74) is 1.32. The molecule has 2 rings (SSSR count). The molecule has 0 radical (unpaired) electrons. The molecule has 0 heterocycles. The quantitative estimate of drug-likeness (QED) is 0.504. The first-order chi connectivity index (χ1) is 12.6. The van der Waals surface area contributed by atoms with Crippen molar-refractivity contribution in [2.24, 2.45) is 0 Å². The predicted molar refractivity (Wildman–Crippen MR) is 100 cm³/mol. The molecule has 0 aliphatic rings. The Labute approximate surface area is 154 Å². The van der Waals surface area contributed by atoms with E-state index in [0.717, 1.165) is 0 Å². The molecule has 5 nitrogen and oxygen atoms in total. The second-order valence-electron chi connectivity index (χ2n) is 5.20. The van der Waals surface area contributed by atoms with E-state index in [2.05, 4.69) is 0 Å². The highest BCUT2D eigenvalue weighted by Crippen LogP contribution is 2.07.